The summed E-state index contributed by atoms with van der Waals surface area (Å²) < 4.78 is 11.8. The van der Waals surface area contributed by atoms with Gasteiger partial charge < -0.3 is 15.0 Å². The lowest BCUT2D eigenvalue weighted by atomic mass is 9.79. The molecular formula is C11H16BClN2O2. The molecule has 1 aliphatic rings. The molecule has 2 heterocycles. The molecule has 0 spiro atoms. The Kier molecular flexibility index (Phi) is 2.88. The zero-order valence-electron chi connectivity index (χ0n) is 10.5. The lowest BCUT2D eigenvalue weighted by molar-refractivity contribution is 0.00578. The van der Waals surface area contributed by atoms with E-state index in [4.69, 9.17) is 26.6 Å². The predicted molar refractivity (Wildman–Crippen MR) is 69.4 cm³/mol. The number of nitrogens with zero attached hydrogens (tertiary/aromatic N) is 1. The average Bonchev–Trinajstić information content (AvgIpc) is 2.40. The van der Waals surface area contributed by atoms with E-state index in [1.54, 1.807) is 6.07 Å². The van der Waals surface area contributed by atoms with Crippen LogP contribution in [0.25, 0.3) is 0 Å². The second-order valence-electron chi connectivity index (χ2n) is 5.22. The number of halogens is 1. The minimum absolute atomic E-state index is 0.390. The van der Waals surface area contributed by atoms with Crippen LogP contribution in [0.3, 0.4) is 0 Å². The van der Waals surface area contributed by atoms with E-state index >= 15 is 0 Å². The summed E-state index contributed by atoms with van der Waals surface area (Å²) in [5.41, 5.74) is 5.59. The third-order valence-electron chi connectivity index (χ3n) is 3.41. The first-order chi connectivity index (χ1) is 7.73. The molecule has 2 N–H and O–H groups in total. The van der Waals surface area contributed by atoms with Crippen LogP contribution in [-0.2, 0) is 9.31 Å². The Morgan fingerprint density at radius 2 is 1.76 bits per heavy atom. The molecule has 1 aromatic heterocycles. The van der Waals surface area contributed by atoms with E-state index in [1.807, 2.05) is 27.7 Å². The zero-order valence-corrected chi connectivity index (χ0v) is 11.2. The molecule has 92 valence electrons. The van der Waals surface area contributed by atoms with Gasteiger partial charge in [-0.15, -0.1) is 0 Å². The highest BCUT2D eigenvalue weighted by atomic mass is 35.5. The first-order valence-corrected chi connectivity index (χ1v) is 5.87. The van der Waals surface area contributed by atoms with Crippen molar-refractivity contribution in [3.63, 3.8) is 0 Å². The number of pyridine rings is 1. The summed E-state index contributed by atoms with van der Waals surface area (Å²) in [6, 6.07) is 1.68. The van der Waals surface area contributed by atoms with E-state index in [2.05, 4.69) is 4.98 Å². The van der Waals surface area contributed by atoms with Crippen molar-refractivity contribution in [3.05, 3.63) is 17.3 Å². The Labute approximate surface area is 107 Å². The molecule has 4 nitrogen and oxygen atoms in total. The summed E-state index contributed by atoms with van der Waals surface area (Å²) >= 11 is 6.08. The zero-order chi connectivity index (χ0) is 12.8. The van der Waals surface area contributed by atoms with Crippen LogP contribution in [0.4, 0.5) is 5.82 Å². The molecule has 0 unspecified atom stereocenters. The van der Waals surface area contributed by atoms with Crippen LogP contribution in [0.2, 0.25) is 5.02 Å². The van der Waals surface area contributed by atoms with Crippen LogP contribution in [-0.4, -0.2) is 23.3 Å². The van der Waals surface area contributed by atoms with E-state index in [0.29, 0.717) is 10.8 Å². The quantitative estimate of drug-likeness (QED) is 0.774. The van der Waals surface area contributed by atoms with Gasteiger partial charge in [0.2, 0.25) is 0 Å². The van der Waals surface area contributed by atoms with Crippen molar-refractivity contribution < 1.29 is 9.31 Å². The van der Waals surface area contributed by atoms with Crippen LogP contribution in [0.5, 0.6) is 0 Å². The minimum Gasteiger partial charge on any atom is -0.399 e. The van der Waals surface area contributed by atoms with Crippen molar-refractivity contribution in [1.82, 2.24) is 4.98 Å². The number of anilines is 1. The fourth-order valence-electron chi connectivity index (χ4n) is 1.62. The number of hydrogen-bond acceptors (Lipinski definition) is 4. The van der Waals surface area contributed by atoms with Gasteiger partial charge in [-0.1, -0.05) is 11.6 Å². The fourth-order valence-corrected chi connectivity index (χ4v) is 1.81. The van der Waals surface area contributed by atoms with Gasteiger partial charge in [-0.25, -0.2) is 4.98 Å². The first-order valence-electron chi connectivity index (χ1n) is 5.49. The lowest BCUT2D eigenvalue weighted by Crippen LogP contribution is -2.41. The summed E-state index contributed by atoms with van der Waals surface area (Å²) in [7, 11) is -0.502. The number of nitrogens with two attached hydrogens (primary N) is 1. The van der Waals surface area contributed by atoms with Crippen molar-refractivity contribution in [2.75, 3.05) is 5.73 Å². The van der Waals surface area contributed by atoms with Crippen LogP contribution < -0.4 is 11.2 Å². The van der Waals surface area contributed by atoms with Gasteiger partial charge in [0, 0.05) is 11.7 Å². The molecule has 17 heavy (non-hydrogen) atoms. The van der Waals surface area contributed by atoms with Crippen molar-refractivity contribution in [3.8, 4) is 0 Å². The Bertz CT molecular complexity index is 435. The normalized spacial score (nSPS) is 21.8. The smallest absolute Gasteiger partial charge is 0.399 e. The summed E-state index contributed by atoms with van der Waals surface area (Å²) in [6.45, 7) is 7.97. The molecule has 0 amide bonds. The van der Waals surface area contributed by atoms with Crippen molar-refractivity contribution >= 4 is 30.0 Å². The molecule has 1 fully saturated rings. The predicted octanol–water partition coefficient (Wildman–Crippen LogP) is 1.62. The van der Waals surface area contributed by atoms with Crippen molar-refractivity contribution in [2.24, 2.45) is 0 Å². The third kappa shape index (κ3) is 2.15. The first kappa shape index (κ1) is 12.7. The molecule has 0 aromatic carbocycles. The topological polar surface area (TPSA) is 57.4 Å². The summed E-state index contributed by atoms with van der Waals surface area (Å²) in [5.74, 6) is 0.402. The van der Waals surface area contributed by atoms with Gasteiger partial charge in [-0.05, 0) is 33.8 Å². The number of rotatable bonds is 1. The summed E-state index contributed by atoms with van der Waals surface area (Å²) in [6.07, 6.45) is 1.51. The van der Waals surface area contributed by atoms with E-state index in [1.165, 1.54) is 6.20 Å². The molecule has 0 bridgehead atoms. The molecule has 0 saturated carbocycles. The molecule has 2 rings (SSSR count). The maximum absolute atomic E-state index is 6.08. The van der Waals surface area contributed by atoms with Crippen LogP contribution >= 0.6 is 11.6 Å². The number of nitrogen functional groups attached to an aromatic ring is 1. The van der Waals surface area contributed by atoms with Gasteiger partial charge in [-0.2, -0.15) is 0 Å². The maximum Gasteiger partial charge on any atom is 0.496 e. The second kappa shape index (κ2) is 3.87. The van der Waals surface area contributed by atoms with Crippen LogP contribution in [0, 0.1) is 0 Å². The van der Waals surface area contributed by atoms with Gasteiger partial charge in [-0.3, -0.25) is 0 Å². The molecule has 1 aliphatic heterocycles. The van der Waals surface area contributed by atoms with E-state index in [9.17, 15) is 0 Å². The number of hydrogen-bond donors (Lipinski definition) is 1. The lowest BCUT2D eigenvalue weighted by Gasteiger charge is -2.32. The van der Waals surface area contributed by atoms with Crippen molar-refractivity contribution in [1.29, 1.82) is 0 Å². The van der Waals surface area contributed by atoms with E-state index in [-0.39, 0.29) is 11.2 Å². The van der Waals surface area contributed by atoms with Gasteiger partial charge in [0.15, 0.2) is 0 Å². The molecule has 0 radical (unpaired) electrons. The monoisotopic (exact) mass is 254 g/mol. The van der Waals surface area contributed by atoms with Crippen LogP contribution in [0.15, 0.2) is 12.3 Å². The van der Waals surface area contributed by atoms with E-state index in [0.717, 1.165) is 5.46 Å². The van der Waals surface area contributed by atoms with Gasteiger partial charge in [0.25, 0.3) is 0 Å². The van der Waals surface area contributed by atoms with Gasteiger partial charge in [0.05, 0.1) is 16.2 Å². The Balaban J connectivity index is 2.35. The Morgan fingerprint density at radius 1 is 1.24 bits per heavy atom. The van der Waals surface area contributed by atoms with Gasteiger partial charge in [0.1, 0.15) is 5.82 Å². The van der Waals surface area contributed by atoms with Crippen LogP contribution in [0.1, 0.15) is 27.7 Å². The third-order valence-corrected chi connectivity index (χ3v) is 3.73. The maximum atomic E-state index is 6.08. The van der Waals surface area contributed by atoms with E-state index < -0.39 is 7.12 Å². The highest BCUT2D eigenvalue weighted by Gasteiger charge is 2.52. The molecule has 1 aromatic rings. The molecule has 6 heteroatoms. The molecule has 0 atom stereocenters. The standard InChI is InChI=1S/C11H16BClN2O2/c1-10(2)11(3,4)17-12(16-10)7-5-9(14)15-6-8(7)13/h5-6H,1-4H3,(H2,14,15). The SMILES string of the molecule is CC1(C)OB(c2cc(N)ncc2Cl)OC1(C)C. The average molecular weight is 255 g/mol. The Hall–Kier alpha value is -0.775. The minimum atomic E-state index is -0.502. The molecule has 0 aliphatic carbocycles. The molecular weight excluding hydrogens is 238 g/mol. The highest BCUT2D eigenvalue weighted by Crippen LogP contribution is 2.36. The summed E-state index contributed by atoms with van der Waals surface area (Å²) in [4.78, 5) is 3.92. The number of aromatic nitrogens is 1. The largest absolute Gasteiger partial charge is 0.496 e. The summed E-state index contributed by atoms with van der Waals surface area (Å²) in [5, 5.41) is 0.498. The fraction of sp³-hybridized carbons (Fsp3) is 0.545. The highest BCUT2D eigenvalue weighted by molar-refractivity contribution is 6.65. The van der Waals surface area contributed by atoms with Gasteiger partial charge >= 0.3 is 7.12 Å². The van der Waals surface area contributed by atoms with Crippen molar-refractivity contribution in [2.45, 2.75) is 38.9 Å². The second-order valence-corrected chi connectivity index (χ2v) is 5.63. The molecule has 1 saturated heterocycles. The Morgan fingerprint density at radius 3 is 2.29 bits per heavy atom.